The average molecular weight is 382 g/mol. The minimum atomic E-state index is -0.333. The normalized spacial score (nSPS) is 11.1. The number of thiazole rings is 1. The number of aromatic nitrogens is 3. The number of nitrogens with zero attached hydrogens (tertiary/aromatic N) is 3. The van der Waals surface area contributed by atoms with Crippen LogP contribution in [-0.2, 0) is 6.54 Å². The quantitative estimate of drug-likeness (QED) is 0.564. The molecular weight excluding hydrogens is 364 g/mol. The number of benzene rings is 1. The van der Waals surface area contributed by atoms with Gasteiger partial charge in [0.1, 0.15) is 11.5 Å². The van der Waals surface area contributed by atoms with Gasteiger partial charge in [0.05, 0.1) is 29.6 Å². The van der Waals surface area contributed by atoms with Crippen molar-refractivity contribution < 1.29 is 13.9 Å². The van der Waals surface area contributed by atoms with Gasteiger partial charge in [0.25, 0.3) is 5.91 Å². The molecule has 4 aromatic rings. The Kier molecular flexibility index (Phi) is 4.41. The summed E-state index contributed by atoms with van der Waals surface area (Å²) >= 11 is 1.40. The largest absolute Gasteiger partial charge is 0.497 e. The Morgan fingerprint density at radius 3 is 2.85 bits per heavy atom. The number of carbonyl (C=O) groups excluding carboxylic acids is 1. The summed E-state index contributed by atoms with van der Waals surface area (Å²) in [5.41, 5.74) is 2.77. The van der Waals surface area contributed by atoms with Crippen LogP contribution in [0.4, 0.5) is 5.13 Å². The molecule has 138 valence electrons. The average Bonchev–Trinajstić information content (AvgIpc) is 3.33. The summed E-state index contributed by atoms with van der Waals surface area (Å²) in [4.78, 5) is 16.9. The molecule has 0 aliphatic heterocycles. The van der Waals surface area contributed by atoms with Crippen LogP contribution in [0.2, 0.25) is 0 Å². The third-order valence-electron chi connectivity index (χ3n) is 4.11. The van der Waals surface area contributed by atoms with Crippen LogP contribution in [-0.4, -0.2) is 27.8 Å². The molecule has 4 rings (SSSR count). The third kappa shape index (κ3) is 3.56. The molecule has 0 atom stereocenters. The number of ether oxygens (including phenoxy) is 1. The van der Waals surface area contributed by atoms with Crippen LogP contribution in [0.1, 0.15) is 27.7 Å². The molecule has 8 heteroatoms. The Balaban J connectivity index is 1.48. The van der Waals surface area contributed by atoms with E-state index >= 15 is 0 Å². The zero-order chi connectivity index (χ0) is 19.0. The zero-order valence-electron chi connectivity index (χ0n) is 15.1. The molecule has 0 aliphatic rings. The first kappa shape index (κ1) is 17.3. The smallest absolute Gasteiger partial charge is 0.293 e. The molecule has 0 unspecified atom stereocenters. The summed E-state index contributed by atoms with van der Waals surface area (Å²) in [6, 6.07) is 11.1. The lowest BCUT2D eigenvalue weighted by Gasteiger charge is -2.01. The van der Waals surface area contributed by atoms with Gasteiger partial charge in [-0.15, -0.1) is 0 Å². The molecule has 3 aromatic heterocycles. The van der Waals surface area contributed by atoms with Crippen molar-refractivity contribution >= 4 is 32.6 Å². The summed E-state index contributed by atoms with van der Waals surface area (Å²) in [6.07, 6.45) is 0. The van der Waals surface area contributed by atoms with E-state index in [-0.39, 0.29) is 11.7 Å². The monoisotopic (exact) mass is 382 g/mol. The number of fused-ring (bicyclic) bond motifs is 1. The fourth-order valence-corrected chi connectivity index (χ4v) is 3.66. The van der Waals surface area contributed by atoms with E-state index in [1.165, 1.54) is 11.3 Å². The number of nitrogens with one attached hydrogen (secondary N) is 1. The number of hydrogen-bond acceptors (Lipinski definition) is 6. The molecule has 1 amide bonds. The fraction of sp³-hybridized carbons (Fsp3) is 0.211. The fourth-order valence-electron chi connectivity index (χ4n) is 2.81. The highest BCUT2D eigenvalue weighted by atomic mass is 32.1. The third-order valence-corrected chi connectivity index (χ3v) is 5.06. The molecule has 0 saturated heterocycles. The van der Waals surface area contributed by atoms with Crippen molar-refractivity contribution in [1.29, 1.82) is 0 Å². The molecule has 7 nitrogen and oxygen atoms in total. The van der Waals surface area contributed by atoms with Crippen LogP contribution in [0.5, 0.6) is 5.75 Å². The first-order chi connectivity index (χ1) is 13.0. The van der Waals surface area contributed by atoms with Gasteiger partial charge in [0.15, 0.2) is 10.9 Å². The van der Waals surface area contributed by atoms with Gasteiger partial charge in [-0.25, -0.2) is 4.98 Å². The number of hydrogen-bond donors (Lipinski definition) is 1. The van der Waals surface area contributed by atoms with E-state index < -0.39 is 0 Å². The van der Waals surface area contributed by atoms with Crippen molar-refractivity contribution in [3.8, 4) is 5.75 Å². The van der Waals surface area contributed by atoms with Gasteiger partial charge in [0.2, 0.25) is 0 Å². The summed E-state index contributed by atoms with van der Waals surface area (Å²) in [5.74, 6) is 1.30. The first-order valence-electron chi connectivity index (χ1n) is 8.37. The molecule has 27 heavy (non-hydrogen) atoms. The predicted molar refractivity (Wildman–Crippen MR) is 104 cm³/mol. The Hall–Kier alpha value is -3.13. The molecule has 0 spiro atoms. The van der Waals surface area contributed by atoms with Gasteiger partial charge in [0, 0.05) is 11.8 Å². The number of amides is 1. The van der Waals surface area contributed by atoms with E-state index in [1.54, 1.807) is 19.2 Å². The molecule has 0 bridgehead atoms. The molecule has 0 radical (unpaired) electrons. The van der Waals surface area contributed by atoms with E-state index in [4.69, 9.17) is 9.15 Å². The number of carbonyl (C=O) groups is 1. The van der Waals surface area contributed by atoms with Crippen molar-refractivity contribution in [2.45, 2.75) is 20.4 Å². The second-order valence-electron chi connectivity index (χ2n) is 6.16. The van der Waals surface area contributed by atoms with Gasteiger partial charge < -0.3 is 9.15 Å². The van der Waals surface area contributed by atoms with E-state index in [9.17, 15) is 4.79 Å². The lowest BCUT2D eigenvalue weighted by atomic mass is 10.3. The summed E-state index contributed by atoms with van der Waals surface area (Å²) in [7, 11) is 1.61. The van der Waals surface area contributed by atoms with Gasteiger partial charge in [-0.1, -0.05) is 11.3 Å². The molecule has 0 fully saturated rings. The Labute approximate surface area is 159 Å². The summed E-state index contributed by atoms with van der Waals surface area (Å²) in [5, 5.41) is 7.71. The van der Waals surface area contributed by atoms with Crippen LogP contribution in [0, 0.1) is 13.8 Å². The van der Waals surface area contributed by atoms with Crippen molar-refractivity contribution in [2.24, 2.45) is 0 Å². The molecule has 3 heterocycles. The first-order valence-corrected chi connectivity index (χ1v) is 9.19. The van der Waals surface area contributed by atoms with Crippen molar-refractivity contribution in [3.63, 3.8) is 0 Å². The van der Waals surface area contributed by atoms with Crippen molar-refractivity contribution in [1.82, 2.24) is 14.8 Å². The maximum absolute atomic E-state index is 12.5. The maximum Gasteiger partial charge on any atom is 0.293 e. The second-order valence-corrected chi connectivity index (χ2v) is 7.19. The Bertz CT molecular complexity index is 1130. The Morgan fingerprint density at radius 1 is 1.26 bits per heavy atom. The number of anilines is 1. The van der Waals surface area contributed by atoms with Crippen LogP contribution in [0.25, 0.3) is 10.2 Å². The van der Waals surface area contributed by atoms with Crippen LogP contribution in [0.15, 0.2) is 40.8 Å². The van der Waals surface area contributed by atoms with Gasteiger partial charge >= 0.3 is 0 Å². The topological polar surface area (TPSA) is 82.2 Å². The number of aryl methyl sites for hydroxylation is 2. The molecule has 1 N–H and O–H groups in total. The lowest BCUT2D eigenvalue weighted by molar-refractivity contribution is 0.0994. The van der Waals surface area contributed by atoms with E-state index in [1.807, 2.05) is 42.8 Å². The minimum absolute atomic E-state index is 0.239. The van der Waals surface area contributed by atoms with Crippen LogP contribution < -0.4 is 10.1 Å². The van der Waals surface area contributed by atoms with E-state index in [2.05, 4.69) is 15.4 Å². The molecular formula is C19H18N4O3S. The van der Waals surface area contributed by atoms with Gasteiger partial charge in [-0.2, -0.15) is 5.10 Å². The zero-order valence-corrected chi connectivity index (χ0v) is 16.0. The number of rotatable bonds is 5. The lowest BCUT2D eigenvalue weighted by Crippen LogP contribution is -2.10. The number of methoxy groups -OCH3 is 1. The highest BCUT2D eigenvalue weighted by Gasteiger charge is 2.15. The number of furan rings is 1. The standard InChI is InChI=1S/C19H18N4O3S/c1-11-8-12(2)23(22-11)10-14-4-6-16(26-14)18(24)21-19-20-15-9-13(25-3)5-7-17(15)27-19/h4-9H,10H2,1-3H3,(H,20,21,24). The SMILES string of the molecule is COc1ccc2sc(NC(=O)c3ccc(Cn4nc(C)cc4C)o3)nc2c1. The van der Waals surface area contributed by atoms with Crippen LogP contribution in [0.3, 0.4) is 0 Å². The highest BCUT2D eigenvalue weighted by Crippen LogP contribution is 2.29. The predicted octanol–water partition coefficient (Wildman–Crippen LogP) is 4.01. The minimum Gasteiger partial charge on any atom is -0.497 e. The molecule has 0 saturated carbocycles. The summed E-state index contributed by atoms with van der Waals surface area (Å²) in [6.45, 7) is 4.41. The van der Waals surface area contributed by atoms with E-state index in [0.29, 0.717) is 17.4 Å². The van der Waals surface area contributed by atoms with Crippen molar-refractivity contribution in [3.05, 3.63) is 59.3 Å². The van der Waals surface area contributed by atoms with Gasteiger partial charge in [-0.05, 0) is 44.2 Å². The van der Waals surface area contributed by atoms with Crippen molar-refractivity contribution in [2.75, 3.05) is 12.4 Å². The Morgan fingerprint density at radius 2 is 2.11 bits per heavy atom. The van der Waals surface area contributed by atoms with Crippen LogP contribution >= 0.6 is 11.3 Å². The summed E-state index contributed by atoms with van der Waals surface area (Å²) < 4.78 is 13.7. The molecule has 1 aromatic carbocycles. The van der Waals surface area contributed by atoms with Gasteiger partial charge in [-0.3, -0.25) is 14.8 Å². The van der Waals surface area contributed by atoms with E-state index in [0.717, 1.165) is 27.4 Å². The second kappa shape index (κ2) is 6.88. The highest BCUT2D eigenvalue weighted by molar-refractivity contribution is 7.22. The maximum atomic E-state index is 12.5. The molecule has 0 aliphatic carbocycles.